The average Bonchev–Trinajstić information content (AvgIpc) is 2.39. The van der Waals surface area contributed by atoms with Crippen molar-refractivity contribution in [3.8, 4) is 0 Å². The number of carbonyl (C=O) groups excluding carboxylic acids is 2. The van der Waals surface area contributed by atoms with Crippen LogP contribution in [0, 0.1) is 6.92 Å². The van der Waals surface area contributed by atoms with Gasteiger partial charge >= 0.3 is 12.0 Å². The molecule has 0 aliphatic heterocycles. The third kappa shape index (κ3) is 5.52. The highest BCUT2D eigenvalue weighted by atomic mass is 16.4. The van der Waals surface area contributed by atoms with E-state index < -0.39 is 30.4 Å². The summed E-state index contributed by atoms with van der Waals surface area (Å²) in [5.74, 6) is -2.09. The van der Waals surface area contributed by atoms with Gasteiger partial charge in [-0.2, -0.15) is 0 Å². The Kier molecular flexibility index (Phi) is 5.71. The molecule has 0 aliphatic carbocycles. The largest absolute Gasteiger partial charge is 0.480 e. The number of aliphatic carboxylic acids is 1. The van der Waals surface area contributed by atoms with Crippen LogP contribution >= 0.6 is 0 Å². The topological polar surface area (TPSA) is 113 Å². The molecule has 114 valence electrons. The molecule has 21 heavy (non-hydrogen) atoms. The van der Waals surface area contributed by atoms with Gasteiger partial charge in [0.15, 0.2) is 0 Å². The summed E-state index contributed by atoms with van der Waals surface area (Å²) in [6, 6.07) is 5.72. The number of hydrogen-bond donors (Lipinski definition) is 3. The summed E-state index contributed by atoms with van der Waals surface area (Å²) in [6.45, 7) is 2.29. The van der Waals surface area contributed by atoms with Crippen molar-refractivity contribution in [2.45, 2.75) is 25.9 Å². The second-order valence-corrected chi connectivity index (χ2v) is 4.85. The van der Waals surface area contributed by atoms with Crippen molar-refractivity contribution in [3.63, 3.8) is 0 Å². The van der Waals surface area contributed by atoms with Crippen molar-refractivity contribution in [1.82, 2.24) is 10.2 Å². The zero-order valence-electron chi connectivity index (χ0n) is 12.0. The molecular formula is C14H19N3O4. The van der Waals surface area contributed by atoms with Crippen molar-refractivity contribution in [3.05, 3.63) is 35.4 Å². The van der Waals surface area contributed by atoms with Crippen LogP contribution < -0.4 is 11.1 Å². The first-order chi connectivity index (χ1) is 9.79. The highest BCUT2D eigenvalue weighted by Gasteiger charge is 2.23. The van der Waals surface area contributed by atoms with E-state index in [-0.39, 0.29) is 0 Å². The normalized spacial score (nSPS) is 11.5. The van der Waals surface area contributed by atoms with Gasteiger partial charge < -0.3 is 21.1 Å². The second kappa shape index (κ2) is 7.28. The maximum absolute atomic E-state index is 11.9. The molecule has 3 amide bonds. The Hall–Kier alpha value is -2.57. The number of hydrogen-bond acceptors (Lipinski definition) is 3. The number of rotatable bonds is 6. The van der Waals surface area contributed by atoms with Gasteiger partial charge in [-0.25, -0.2) is 9.59 Å². The smallest absolute Gasteiger partial charge is 0.326 e. The highest BCUT2D eigenvalue weighted by molar-refractivity contribution is 5.87. The standard InChI is InChI=1S/C14H19N3O4/c1-9-3-5-10(6-4-9)8-17(2)14(21)16-11(13(19)20)7-12(15)18/h3-6,11H,7-8H2,1-2H3,(H2,15,18)(H,16,21)(H,19,20)/t11-/m0/s1. The number of benzene rings is 1. The van der Waals surface area contributed by atoms with E-state index in [0.29, 0.717) is 6.54 Å². The molecule has 0 heterocycles. The van der Waals surface area contributed by atoms with Gasteiger partial charge in [-0.1, -0.05) is 29.8 Å². The Balaban J connectivity index is 2.62. The molecule has 0 fully saturated rings. The van der Waals surface area contributed by atoms with E-state index >= 15 is 0 Å². The van der Waals surface area contributed by atoms with Gasteiger partial charge in [0.25, 0.3) is 0 Å². The van der Waals surface area contributed by atoms with E-state index in [0.717, 1.165) is 11.1 Å². The third-order valence-electron chi connectivity index (χ3n) is 2.89. The number of nitrogens with one attached hydrogen (secondary N) is 1. The lowest BCUT2D eigenvalue weighted by atomic mass is 10.1. The fourth-order valence-corrected chi connectivity index (χ4v) is 1.70. The predicted molar refractivity (Wildman–Crippen MR) is 76.4 cm³/mol. The first-order valence-corrected chi connectivity index (χ1v) is 6.38. The van der Waals surface area contributed by atoms with Crippen molar-refractivity contribution in [1.29, 1.82) is 0 Å². The third-order valence-corrected chi connectivity index (χ3v) is 2.89. The van der Waals surface area contributed by atoms with Gasteiger partial charge in [-0.3, -0.25) is 4.79 Å². The Morgan fingerprint density at radius 2 is 1.86 bits per heavy atom. The van der Waals surface area contributed by atoms with Crippen molar-refractivity contribution in [2.24, 2.45) is 5.73 Å². The zero-order valence-corrected chi connectivity index (χ0v) is 12.0. The average molecular weight is 293 g/mol. The molecule has 1 atom stereocenters. The van der Waals surface area contributed by atoms with Crippen LogP contribution in [0.1, 0.15) is 17.5 Å². The van der Waals surface area contributed by atoms with Crippen molar-refractivity contribution < 1.29 is 19.5 Å². The SMILES string of the molecule is Cc1ccc(CN(C)C(=O)N[C@@H](CC(N)=O)C(=O)O)cc1. The predicted octanol–water partition coefficient (Wildman–Crippen LogP) is 0.465. The van der Waals surface area contributed by atoms with Crippen LogP contribution in [0.15, 0.2) is 24.3 Å². The Morgan fingerprint density at radius 3 is 2.33 bits per heavy atom. The molecule has 0 unspecified atom stereocenters. The maximum atomic E-state index is 11.9. The summed E-state index contributed by atoms with van der Waals surface area (Å²) >= 11 is 0. The lowest BCUT2D eigenvalue weighted by Gasteiger charge is -2.21. The summed E-state index contributed by atoms with van der Waals surface area (Å²) in [4.78, 5) is 35.0. The number of carboxylic acids is 1. The summed E-state index contributed by atoms with van der Waals surface area (Å²) in [5.41, 5.74) is 6.98. The number of nitrogens with zero attached hydrogens (tertiary/aromatic N) is 1. The first-order valence-electron chi connectivity index (χ1n) is 6.38. The molecule has 7 nitrogen and oxygen atoms in total. The van der Waals surface area contributed by atoms with Crippen molar-refractivity contribution in [2.75, 3.05) is 7.05 Å². The number of primary amides is 1. The van der Waals surface area contributed by atoms with E-state index in [1.54, 1.807) is 7.05 Å². The van der Waals surface area contributed by atoms with Gasteiger partial charge in [-0.05, 0) is 12.5 Å². The zero-order chi connectivity index (χ0) is 16.0. The fourth-order valence-electron chi connectivity index (χ4n) is 1.70. The van der Waals surface area contributed by atoms with E-state index in [4.69, 9.17) is 10.8 Å². The van der Waals surface area contributed by atoms with Gasteiger partial charge in [0, 0.05) is 13.6 Å². The summed E-state index contributed by atoms with van der Waals surface area (Å²) in [7, 11) is 1.54. The van der Waals surface area contributed by atoms with E-state index in [1.807, 2.05) is 31.2 Å². The molecule has 1 aromatic carbocycles. The molecule has 0 aliphatic rings. The Bertz CT molecular complexity index is 528. The van der Waals surface area contributed by atoms with Crippen LogP contribution in [0.4, 0.5) is 4.79 Å². The fraction of sp³-hybridized carbons (Fsp3) is 0.357. The van der Waals surface area contributed by atoms with Crippen molar-refractivity contribution >= 4 is 17.9 Å². The number of carbonyl (C=O) groups is 3. The van der Waals surface area contributed by atoms with Crippen LogP contribution in [-0.2, 0) is 16.1 Å². The quantitative estimate of drug-likeness (QED) is 0.707. The molecule has 0 spiro atoms. The van der Waals surface area contributed by atoms with E-state index in [2.05, 4.69) is 5.32 Å². The second-order valence-electron chi connectivity index (χ2n) is 4.85. The van der Waals surface area contributed by atoms with Crippen LogP contribution in [0.5, 0.6) is 0 Å². The Labute approximate surface area is 122 Å². The minimum Gasteiger partial charge on any atom is -0.480 e. The molecular weight excluding hydrogens is 274 g/mol. The molecule has 0 saturated heterocycles. The summed E-state index contributed by atoms with van der Waals surface area (Å²) in [6.07, 6.45) is -0.445. The number of nitrogens with two attached hydrogens (primary N) is 1. The van der Waals surface area contributed by atoms with Gasteiger partial charge in [0.1, 0.15) is 6.04 Å². The van der Waals surface area contributed by atoms with Crippen LogP contribution in [0.3, 0.4) is 0 Å². The summed E-state index contributed by atoms with van der Waals surface area (Å²) in [5, 5.41) is 11.2. The van der Waals surface area contributed by atoms with Gasteiger partial charge in [0.2, 0.25) is 5.91 Å². The maximum Gasteiger partial charge on any atom is 0.326 e. The molecule has 0 aromatic heterocycles. The monoisotopic (exact) mass is 293 g/mol. The molecule has 1 rings (SSSR count). The van der Waals surface area contributed by atoms with Gasteiger partial charge in [0.05, 0.1) is 6.42 Å². The first kappa shape index (κ1) is 16.5. The highest BCUT2D eigenvalue weighted by Crippen LogP contribution is 2.06. The molecule has 0 bridgehead atoms. The number of urea groups is 1. The van der Waals surface area contributed by atoms with Crippen LogP contribution in [-0.4, -0.2) is 41.0 Å². The van der Waals surface area contributed by atoms with Gasteiger partial charge in [-0.15, -0.1) is 0 Å². The van der Waals surface area contributed by atoms with Crippen LogP contribution in [0.2, 0.25) is 0 Å². The lowest BCUT2D eigenvalue weighted by Crippen LogP contribution is -2.48. The molecule has 0 saturated carbocycles. The number of aryl methyl sites for hydroxylation is 1. The Morgan fingerprint density at radius 1 is 1.29 bits per heavy atom. The number of amides is 3. The molecule has 0 radical (unpaired) electrons. The summed E-state index contributed by atoms with van der Waals surface area (Å²) < 4.78 is 0. The van der Waals surface area contributed by atoms with E-state index in [1.165, 1.54) is 4.90 Å². The lowest BCUT2D eigenvalue weighted by molar-refractivity contribution is -0.140. The van der Waals surface area contributed by atoms with Crippen LogP contribution in [0.25, 0.3) is 0 Å². The molecule has 4 N–H and O–H groups in total. The minimum atomic E-state index is -1.32. The minimum absolute atomic E-state index is 0.328. The number of carboxylic acid groups (broad SMARTS) is 1. The van der Waals surface area contributed by atoms with E-state index in [9.17, 15) is 14.4 Å². The molecule has 7 heteroatoms. The molecule has 1 aromatic rings.